The number of rotatable bonds is 5. The zero-order valence-electron chi connectivity index (χ0n) is 26.1. The van der Waals surface area contributed by atoms with Gasteiger partial charge in [0.15, 0.2) is 0 Å². The number of carbonyl (C=O) groups excluding carboxylic acids is 1. The number of pyridine rings is 1. The number of halogens is 1. The first-order chi connectivity index (χ1) is 21.2. The predicted octanol–water partition coefficient (Wildman–Crippen LogP) is 5.94. The van der Waals surface area contributed by atoms with Crippen LogP contribution in [0, 0.1) is 25.1 Å². The van der Waals surface area contributed by atoms with Crippen LogP contribution in [0.1, 0.15) is 54.4 Å². The van der Waals surface area contributed by atoms with Crippen LogP contribution in [-0.2, 0) is 16.6 Å². The Bertz CT molecular complexity index is 1840. The molecule has 3 heterocycles. The number of ether oxygens (including phenoxy) is 2. The monoisotopic (exact) mass is 633 g/mol. The van der Waals surface area contributed by atoms with Crippen molar-refractivity contribution in [1.29, 1.82) is 0 Å². The Labute approximate surface area is 262 Å². The lowest BCUT2D eigenvalue weighted by molar-refractivity contribution is 0.0506. The molecule has 236 valence electrons. The van der Waals surface area contributed by atoms with Gasteiger partial charge >= 0.3 is 0 Å². The highest BCUT2D eigenvalue weighted by Gasteiger charge is 2.32. The molecule has 0 unspecified atom stereocenters. The van der Waals surface area contributed by atoms with Crippen LogP contribution in [0.5, 0.6) is 11.6 Å². The first kappa shape index (κ1) is 31.8. The summed E-state index contributed by atoms with van der Waals surface area (Å²) in [4.78, 5) is 28.7. The van der Waals surface area contributed by atoms with E-state index in [2.05, 4.69) is 19.7 Å². The van der Waals surface area contributed by atoms with Crippen molar-refractivity contribution in [3.63, 3.8) is 0 Å². The minimum Gasteiger partial charge on any atom is -0.495 e. The number of hydrogen-bond acceptors (Lipinski definition) is 8. The summed E-state index contributed by atoms with van der Waals surface area (Å²) >= 11 is 0. The Morgan fingerprint density at radius 1 is 1.07 bits per heavy atom. The normalized spacial score (nSPS) is 16.5. The summed E-state index contributed by atoms with van der Waals surface area (Å²) in [6.07, 6.45) is 1.85. The fourth-order valence-electron chi connectivity index (χ4n) is 5.38. The van der Waals surface area contributed by atoms with E-state index in [-0.39, 0.29) is 52.3 Å². The third-order valence-corrected chi connectivity index (χ3v) is 8.80. The number of anilines is 1. The highest BCUT2D eigenvalue weighted by Crippen LogP contribution is 2.32. The second kappa shape index (κ2) is 12.4. The highest BCUT2D eigenvalue weighted by molar-refractivity contribution is 7.92. The summed E-state index contributed by atoms with van der Waals surface area (Å²) in [6.45, 7) is 9.76. The lowest BCUT2D eigenvalue weighted by Gasteiger charge is -2.35. The molecule has 12 heteroatoms. The second-order valence-electron chi connectivity index (χ2n) is 12.3. The first-order valence-corrected chi connectivity index (χ1v) is 15.9. The Kier molecular flexibility index (Phi) is 8.79. The number of fused-ring (bicyclic) bond motifs is 4. The van der Waals surface area contributed by atoms with Crippen molar-refractivity contribution in [2.75, 3.05) is 18.4 Å². The van der Waals surface area contributed by atoms with E-state index in [1.165, 1.54) is 48.5 Å². The lowest BCUT2D eigenvalue weighted by atomic mass is 9.87. The SMILES string of the molecule is COc1cnc(CN2C(=O)c3cccc(c3)S(=O)(=O)Nc3nc(cc(-c4c(C)cccc4C)n3)OC[C@H]2CC(C)(C)C)c(F)c1. The van der Waals surface area contributed by atoms with Crippen molar-refractivity contribution in [3.05, 3.63) is 89.0 Å². The van der Waals surface area contributed by atoms with E-state index in [1.54, 1.807) is 6.07 Å². The maximum Gasteiger partial charge on any atom is 0.264 e. The summed E-state index contributed by atoms with van der Waals surface area (Å²) < 4.78 is 56.1. The standard InChI is InChI=1S/C33H36FN5O5S/c1-20-9-7-10-21(2)30(20)27-15-29-37-32(36-27)38-45(41,42)25-12-8-11-22(13-25)31(40)39(23(19-44-29)16-33(3,4)5)18-28-26(34)14-24(43-6)17-35-28/h7-15,17,23H,16,18-19H2,1-6H3,(H,36,37,38)/t23-/m1/s1. The average Bonchev–Trinajstić information content (AvgIpc) is 2.97. The Morgan fingerprint density at radius 2 is 1.78 bits per heavy atom. The smallest absolute Gasteiger partial charge is 0.264 e. The topological polar surface area (TPSA) is 124 Å². The largest absolute Gasteiger partial charge is 0.495 e. The molecule has 1 aliphatic rings. The van der Waals surface area contributed by atoms with Crippen LogP contribution in [0.3, 0.4) is 0 Å². The minimum atomic E-state index is -4.22. The van der Waals surface area contributed by atoms with Gasteiger partial charge in [-0.2, -0.15) is 4.98 Å². The van der Waals surface area contributed by atoms with Crippen LogP contribution in [0.2, 0.25) is 0 Å². The first-order valence-electron chi connectivity index (χ1n) is 14.4. The lowest BCUT2D eigenvalue weighted by Crippen LogP contribution is -2.45. The molecule has 0 spiro atoms. The molecule has 0 saturated carbocycles. The molecule has 0 aliphatic carbocycles. The molecule has 4 bridgehead atoms. The van der Waals surface area contributed by atoms with Crippen molar-refractivity contribution < 1.29 is 27.1 Å². The van der Waals surface area contributed by atoms with Crippen molar-refractivity contribution in [3.8, 4) is 22.9 Å². The molecule has 2 aromatic carbocycles. The van der Waals surface area contributed by atoms with Gasteiger partial charge in [0.1, 0.15) is 18.2 Å². The van der Waals surface area contributed by atoms with Gasteiger partial charge in [0.2, 0.25) is 11.8 Å². The molecular formula is C33H36FN5O5S. The van der Waals surface area contributed by atoms with Gasteiger partial charge < -0.3 is 14.4 Å². The number of aryl methyl sites for hydroxylation is 2. The third kappa shape index (κ3) is 7.22. The molecule has 0 fully saturated rings. The number of carbonyl (C=O) groups is 1. The molecular weight excluding hydrogens is 597 g/mol. The molecule has 1 amide bonds. The molecule has 4 aromatic rings. The molecule has 0 saturated heterocycles. The fourth-order valence-corrected chi connectivity index (χ4v) is 6.37. The molecule has 1 N–H and O–H groups in total. The van der Waals surface area contributed by atoms with E-state index in [0.29, 0.717) is 12.1 Å². The van der Waals surface area contributed by atoms with Gasteiger partial charge in [0.05, 0.1) is 42.2 Å². The van der Waals surface area contributed by atoms with Gasteiger partial charge in [-0.25, -0.2) is 22.5 Å². The van der Waals surface area contributed by atoms with E-state index in [4.69, 9.17) is 9.47 Å². The molecule has 5 rings (SSSR count). The zero-order valence-corrected chi connectivity index (χ0v) is 26.9. The van der Waals surface area contributed by atoms with Crippen LogP contribution in [-0.4, -0.2) is 53.9 Å². The minimum absolute atomic E-state index is 0.0180. The zero-order chi connectivity index (χ0) is 32.5. The van der Waals surface area contributed by atoms with Crippen LogP contribution in [0.4, 0.5) is 10.3 Å². The van der Waals surface area contributed by atoms with Crippen molar-refractivity contribution in [2.45, 2.75) is 58.5 Å². The van der Waals surface area contributed by atoms with Crippen LogP contribution < -0.4 is 14.2 Å². The summed E-state index contributed by atoms with van der Waals surface area (Å²) in [6, 6.07) is 13.8. The Balaban J connectivity index is 1.68. The number of methoxy groups -OCH3 is 1. The highest BCUT2D eigenvalue weighted by atomic mass is 32.2. The van der Waals surface area contributed by atoms with E-state index in [9.17, 15) is 13.2 Å². The van der Waals surface area contributed by atoms with Gasteiger partial charge in [0, 0.05) is 23.3 Å². The summed E-state index contributed by atoms with van der Waals surface area (Å²) in [5.74, 6) is -0.956. The van der Waals surface area contributed by atoms with Gasteiger partial charge in [-0.3, -0.25) is 9.78 Å². The van der Waals surface area contributed by atoms with Gasteiger partial charge in [0.25, 0.3) is 15.9 Å². The number of hydrogen-bond donors (Lipinski definition) is 1. The summed E-state index contributed by atoms with van der Waals surface area (Å²) in [7, 11) is -2.81. The molecule has 0 radical (unpaired) electrons. The summed E-state index contributed by atoms with van der Waals surface area (Å²) in [5.41, 5.74) is 3.03. The number of aromatic nitrogens is 3. The molecule has 1 atom stereocenters. The van der Waals surface area contributed by atoms with E-state index >= 15 is 4.39 Å². The Hall–Kier alpha value is -4.58. The third-order valence-electron chi connectivity index (χ3n) is 7.48. The molecule has 2 aromatic heterocycles. The van der Waals surface area contributed by atoms with Crippen molar-refractivity contribution >= 4 is 21.9 Å². The van der Waals surface area contributed by atoms with E-state index in [1.807, 2.05) is 52.8 Å². The second-order valence-corrected chi connectivity index (χ2v) is 14.0. The average molecular weight is 634 g/mol. The van der Waals surface area contributed by atoms with E-state index in [0.717, 1.165) is 16.7 Å². The number of sulfonamides is 1. The fraction of sp³-hybridized carbons (Fsp3) is 0.333. The number of amides is 1. The van der Waals surface area contributed by atoms with Gasteiger partial charge in [-0.15, -0.1) is 0 Å². The van der Waals surface area contributed by atoms with Crippen LogP contribution >= 0.6 is 0 Å². The Morgan fingerprint density at radius 3 is 2.44 bits per heavy atom. The number of nitrogens with one attached hydrogen (secondary N) is 1. The van der Waals surface area contributed by atoms with Crippen LogP contribution in [0.15, 0.2) is 65.7 Å². The summed E-state index contributed by atoms with van der Waals surface area (Å²) in [5, 5.41) is 0. The van der Waals surface area contributed by atoms with E-state index < -0.39 is 27.8 Å². The number of benzene rings is 2. The molecule has 1 aliphatic heterocycles. The number of nitrogens with zero attached hydrogens (tertiary/aromatic N) is 4. The van der Waals surface area contributed by atoms with Crippen molar-refractivity contribution in [2.24, 2.45) is 5.41 Å². The maximum atomic E-state index is 15.2. The van der Waals surface area contributed by atoms with Gasteiger partial charge in [-0.05, 0) is 55.0 Å². The maximum absolute atomic E-state index is 15.2. The molecule has 10 nitrogen and oxygen atoms in total. The van der Waals surface area contributed by atoms with Crippen molar-refractivity contribution in [1.82, 2.24) is 19.9 Å². The predicted molar refractivity (Wildman–Crippen MR) is 168 cm³/mol. The quantitative estimate of drug-likeness (QED) is 0.286. The molecule has 45 heavy (non-hydrogen) atoms. The van der Waals surface area contributed by atoms with Gasteiger partial charge in [-0.1, -0.05) is 45.0 Å². The van der Waals surface area contributed by atoms with Crippen LogP contribution in [0.25, 0.3) is 11.3 Å².